The fourth-order valence-electron chi connectivity index (χ4n) is 5.27. The number of hydrogen-bond acceptors (Lipinski definition) is 5. The number of fused-ring (bicyclic) bond motifs is 1. The predicted octanol–water partition coefficient (Wildman–Crippen LogP) is 5.96. The van der Waals surface area contributed by atoms with Crippen LogP contribution in [-0.4, -0.2) is 62.9 Å². The van der Waals surface area contributed by atoms with Gasteiger partial charge < -0.3 is 19.4 Å². The molecule has 0 spiro atoms. The van der Waals surface area contributed by atoms with Crippen LogP contribution < -0.4 is 5.69 Å². The van der Waals surface area contributed by atoms with E-state index in [9.17, 15) is 14.4 Å². The number of piperidine rings is 1. The van der Waals surface area contributed by atoms with Crippen LogP contribution in [0.5, 0.6) is 0 Å². The summed E-state index contributed by atoms with van der Waals surface area (Å²) in [5.41, 5.74) is 1.89. The number of rotatable bonds is 8. The summed E-state index contributed by atoms with van der Waals surface area (Å²) in [7, 11) is 0. The molecule has 40 heavy (non-hydrogen) atoms. The number of aromatic nitrogens is 2. The number of H-pyrrole nitrogens is 1. The molecule has 4 rings (SSSR count). The maximum absolute atomic E-state index is 13.3. The molecule has 2 heterocycles. The number of carbonyl (C=O) groups excluding carboxylic acids is 2. The number of carbonyl (C=O) groups is 2. The molecule has 2 aromatic carbocycles. The summed E-state index contributed by atoms with van der Waals surface area (Å²) in [6.45, 7) is 11.1. The van der Waals surface area contributed by atoms with Crippen molar-refractivity contribution < 1.29 is 19.1 Å². The smallest absolute Gasteiger partial charge is 0.410 e. The largest absolute Gasteiger partial charge is 0.447 e. The van der Waals surface area contributed by atoms with Gasteiger partial charge in [-0.3, -0.25) is 9.47 Å². The molecular formula is C31H42N4O5. The van der Waals surface area contributed by atoms with Crippen LogP contribution in [0.2, 0.25) is 0 Å². The SMILES string of the molecule is CC(C)C[C@@H](COC(=O)N1CCC(n2c(=O)[nH]c3ccccc32)CC1)N(Cc1ccccc1)C(=O)OC(C)(C)C. The molecule has 0 radical (unpaired) electrons. The standard InChI is InChI=1S/C31H42N4O5/c1-22(2)19-25(34(30(38)40-31(3,4)5)20-23-11-7-6-8-12-23)21-39-29(37)33-17-15-24(16-18-33)35-27-14-10-9-13-26(27)32-28(35)36/h6-14,22,24-25H,15-21H2,1-5H3,(H,32,36)/t25-/m0/s1. The van der Waals surface area contributed by atoms with Gasteiger partial charge >= 0.3 is 17.9 Å². The highest BCUT2D eigenvalue weighted by atomic mass is 16.6. The van der Waals surface area contributed by atoms with E-state index in [1.54, 1.807) is 14.4 Å². The van der Waals surface area contributed by atoms with Crippen LogP contribution in [0.1, 0.15) is 65.5 Å². The number of benzene rings is 2. The lowest BCUT2D eigenvalue weighted by Gasteiger charge is -2.35. The monoisotopic (exact) mass is 550 g/mol. The molecule has 9 nitrogen and oxygen atoms in total. The zero-order valence-corrected chi connectivity index (χ0v) is 24.3. The Morgan fingerprint density at radius 3 is 2.33 bits per heavy atom. The first-order valence-electron chi connectivity index (χ1n) is 14.2. The molecule has 0 unspecified atom stereocenters. The molecular weight excluding hydrogens is 508 g/mol. The van der Waals surface area contributed by atoms with Gasteiger partial charge in [-0.15, -0.1) is 0 Å². The zero-order chi connectivity index (χ0) is 28.9. The zero-order valence-electron chi connectivity index (χ0n) is 24.3. The van der Waals surface area contributed by atoms with Crippen LogP contribution in [0.15, 0.2) is 59.4 Å². The molecule has 9 heteroatoms. The summed E-state index contributed by atoms with van der Waals surface area (Å²) in [6.07, 6.45) is 1.14. The molecule has 1 aromatic heterocycles. The highest BCUT2D eigenvalue weighted by Gasteiger charge is 2.32. The van der Waals surface area contributed by atoms with Crippen molar-refractivity contribution in [3.8, 4) is 0 Å². The average molecular weight is 551 g/mol. The fourth-order valence-corrected chi connectivity index (χ4v) is 5.27. The van der Waals surface area contributed by atoms with Gasteiger partial charge in [0.2, 0.25) is 0 Å². The van der Waals surface area contributed by atoms with Crippen LogP contribution in [0.3, 0.4) is 0 Å². The van der Waals surface area contributed by atoms with E-state index in [2.05, 4.69) is 18.8 Å². The van der Waals surface area contributed by atoms with E-state index in [4.69, 9.17) is 9.47 Å². The number of aromatic amines is 1. The van der Waals surface area contributed by atoms with Crippen molar-refractivity contribution in [1.29, 1.82) is 0 Å². The van der Waals surface area contributed by atoms with Gasteiger partial charge in [0.1, 0.15) is 12.2 Å². The second-order valence-corrected chi connectivity index (χ2v) is 12.0. The van der Waals surface area contributed by atoms with Crippen LogP contribution in [0.4, 0.5) is 9.59 Å². The van der Waals surface area contributed by atoms with Crippen LogP contribution in [0, 0.1) is 5.92 Å². The molecule has 216 valence electrons. The van der Waals surface area contributed by atoms with Gasteiger partial charge in [-0.25, -0.2) is 14.4 Å². The third-order valence-corrected chi connectivity index (χ3v) is 7.12. The number of imidazole rings is 1. The van der Waals surface area contributed by atoms with Crippen LogP contribution >= 0.6 is 0 Å². The topological polar surface area (TPSA) is 96.9 Å². The van der Waals surface area contributed by atoms with E-state index in [1.807, 2.05) is 75.4 Å². The number of ether oxygens (including phenoxy) is 2. The number of nitrogens with zero attached hydrogens (tertiary/aromatic N) is 3. The quantitative estimate of drug-likeness (QED) is 0.374. The number of para-hydroxylation sites is 2. The number of likely N-dealkylation sites (tertiary alicyclic amines) is 1. The fraction of sp³-hybridized carbons (Fsp3) is 0.516. The lowest BCUT2D eigenvalue weighted by Crippen LogP contribution is -2.47. The van der Waals surface area contributed by atoms with Gasteiger partial charge in [-0.2, -0.15) is 0 Å². The van der Waals surface area contributed by atoms with E-state index in [0.29, 0.717) is 38.9 Å². The number of nitrogens with one attached hydrogen (secondary N) is 1. The van der Waals surface area contributed by atoms with Crippen molar-refractivity contribution in [2.75, 3.05) is 19.7 Å². The summed E-state index contributed by atoms with van der Waals surface area (Å²) in [4.78, 5) is 45.4. The molecule has 0 aliphatic carbocycles. The summed E-state index contributed by atoms with van der Waals surface area (Å²) in [5, 5.41) is 0. The summed E-state index contributed by atoms with van der Waals surface area (Å²) < 4.78 is 13.4. The van der Waals surface area contributed by atoms with Crippen molar-refractivity contribution in [2.24, 2.45) is 5.92 Å². The molecule has 2 amide bonds. The molecule has 1 N–H and O–H groups in total. The molecule has 1 saturated heterocycles. The highest BCUT2D eigenvalue weighted by Crippen LogP contribution is 2.26. The second-order valence-electron chi connectivity index (χ2n) is 12.0. The molecule has 0 bridgehead atoms. The molecule has 3 aromatic rings. The lowest BCUT2D eigenvalue weighted by molar-refractivity contribution is -0.00131. The van der Waals surface area contributed by atoms with Crippen LogP contribution in [-0.2, 0) is 16.0 Å². The van der Waals surface area contributed by atoms with E-state index in [1.165, 1.54) is 0 Å². The van der Waals surface area contributed by atoms with Gasteiger partial charge in [0.15, 0.2) is 0 Å². The van der Waals surface area contributed by atoms with Gasteiger partial charge in [-0.05, 0) is 63.6 Å². The minimum absolute atomic E-state index is 0.00919. The summed E-state index contributed by atoms with van der Waals surface area (Å²) >= 11 is 0. The lowest BCUT2D eigenvalue weighted by atomic mass is 10.0. The van der Waals surface area contributed by atoms with Gasteiger partial charge in [0, 0.05) is 25.7 Å². The minimum Gasteiger partial charge on any atom is -0.447 e. The van der Waals surface area contributed by atoms with E-state index < -0.39 is 17.8 Å². The Morgan fingerprint density at radius 2 is 1.68 bits per heavy atom. The molecule has 1 fully saturated rings. The van der Waals surface area contributed by atoms with Gasteiger partial charge in [0.05, 0.1) is 17.1 Å². The molecule has 0 saturated carbocycles. The summed E-state index contributed by atoms with van der Waals surface area (Å²) in [6, 6.07) is 17.1. The van der Waals surface area contributed by atoms with Crippen molar-refractivity contribution in [3.05, 3.63) is 70.6 Å². The van der Waals surface area contributed by atoms with Crippen molar-refractivity contribution >= 4 is 23.2 Å². The minimum atomic E-state index is -0.651. The Kier molecular flexibility index (Phi) is 9.22. The average Bonchev–Trinajstić information content (AvgIpc) is 3.24. The predicted molar refractivity (Wildman–Crippen MR) is 155 cm³/mol. The number of hydrogen-bond donors (Lipinski definition) is 1. The number of amides is 2. The van der Waals surface area contributed by atoms with E-state index in [-0.39, 0.29) is 30.3 Å². The van der Waals surface area contributed by atoms with E-state index in [0.717, 1.165) is 16.6 Å². The van der Waals surface area contributed by atoms with Gasteiger partial charge in [-0.1, -0.05) is 56.3 Å². The molecule has 1 atom stereocenters. The Morgan fingerprint density at radius 1 is 1.02 bits per heavy atom. The highest BCUT2D eigenvalue weighted by molar-refractivity contribution is 5.75. The Hall–Kier alpha value is -3.75. The Labute approximate surface area is 236 Å². The second kappa shape index (κ2) is 12.6. The Bertz CT molecular complexity index is 1330. The van der Waals surface area contributed by atoms with Crippen LogP contribution in [0.25, 0.3) is 11.0 Å². The maximum Gasteiger partial charge on any atom is 0.410 e. The molecule has 1 aliphatic heterocycles. The first kappa shape index (κ1) is 29.2. The van der Waals surface area contributed by atoms with Crippen molar-refractivity contribution in [3.63, 3.8) is 0 Å². The van der Waals surface area contributed by atoms with E-state index >= 15 is 0 Å². The third kappa shape index (κ3) is 7.46. The van der Waals surface area contributed by atoms with Gasteiger partial charge in [0.25, 0.3) is 0 Å². The van der Waals surface area contributed by atoms with Crippen molar-refractivity contribution in [2.45, 2.75) is 78.1 Å². The maximum atomic E-state index is 13.3. The van der Waals surface area contributed by atoms with Crippen molar-refractivity contribution in [1.82, 2.24) is 19.4 Å². The Balaban J connectivity index is 1.42. The summed E-state index contributed by atoms with van der Waals surface area (Å²) in [5.74, 6) is 0.273. The normalized spacial score (nSPS) is 15.3. The first-order chi connectivity index (χ1) is 19.0. The molecule has 1 aliphatic rings. The third-order valence-electron chi connectivity index (χ3n) is 7.12. The first-order valence-corrected chi connectivity index (χ1v) is 14.2.